The highest BCUT2D eigenvalue weighted by Gasteiger charge is 2.32. The highest BCUT2D eigenvalue weighted by atomic mass is 31.0. The summed E-state index contributed by atoms with van der Waals surface area (Å²) >= 11 is 0. The van der Waals surface area contributed by atoms with E-state index in [9.17, 15) is 0 Å². The van der Waals surface area contributed by atoms with Gasteiger partial charge < -0.3 is 28.4 Å². The fraction of sp³-hybridized carbons (Fsp3) is 0.714. The van der Waals surface area contributed by atoms with Crippen molar-refractivity contribution in [1.82, 2.24) is 4.75 Å². The molecule has 22 heavy (non-hydrogen) atoms. The van der Waals surface area contributed by atoms with Crippen molar-refractivity contribution in [1.29, 1.82) is 0 Å². The monoisotopic (exact) mass is 333 g/mol. The summed E-state index contributed by atoms with van der Waals surface area (Å²) in [6.45, 7) is 7.88. The standard InChI is InChI=1S/C14H24NO6P/c1-7-18-13(3,16-5)20-11-9-10-22-15-12(11)21-14(4,17-6)19-8-2/h9-10H,7-8H2,1-6H3. The van der Waals surface area contributed by atoms with Gasteiger partial charge in [-0.3, -0.25) is 0 Å². The third kappa shape index (κ3) is 5.34. The van der Waals surface area contributed by atoms with Crippen molar-refractivity contribution in [3.8, 4) is 11.6 Å². The summed E-state index contributed by atoms with van der Waals surface area (Å²) in [6.07, 6.45) is 0. The van der Waals surface area contributed by atoms with Crippen molar-refractivity contribution in [2.45, 2.75) is 39.6 Å². The lowest BCUT2D eigenvalue weighted by Crippen LogP contribution is -2.40. The first-order valence-electron chi connectivity index (χ1n) is 6.99. The molecule has 0 saturated heterocycles. The summed E-state index contributed by atoms with van der Waals surface area (Å²) in [7, 11) is 3.71. The van der Waals surface area contributed by atoms with Crippen LogP contribution in [0.15, 0.2) is 11.9 Å². The summed E-state index contributed by atoms with van der Waals surface area (Å²) in [6, 6.07) is 1.74. The molecule has 1 aromatic heterocycles. The quantitative estimate of drug-likeness (QED) is 0.609. The molecule has 8 heteroatoms. The SMILES string of the molecule is CCOC(C)(OC)Oc1ccpnc1OC(C)(OC)OCC. The van der Waals surface area contributed by atoms with Gasteiger partial charge in [-0.25, -0.2) is 0 Å². The van der Waals surface area contributed by atoms with E-state index in [1.807, 2.05) is 19.6 Å². The predicted octanol–water partition coefficient (Wildman–Crippen LogP) is 3.13. The van der Waals surface area contributed by atoms with E-state index in [2.05, 4.69) is 4.75 Å². The number of hydrogen-bond donors (Lipinski definition) is 0. The lowest BCUT2D eigenvalue weighted by atomic mass is 10.5. The Morgan fingerprint density at radius 2 is 1.55 bits per heavy atom. The summed E-state index contributed by atoms with van der Waals surface area (Å²) in [5.41, 5.74) is 0. The second-order valence-electron chi connectivity index (χ2n) is 4.40. The molecule has 1 heterocycles. The molecule has 0 bridgehead atoms. The van der Waals surface area contributed by atoms with Gasteiger partial charge in [0, 0.05) is 36.4 Å². The zero-order valence-corrected chi connectivity index (χ0v) is 14.8. The number of methoxy groups -OCH3 is 2. The highest BCUT2D eigenvalue weighted by Crippen LogP contribution is 2.33. The molecule has 126 valence electrons. The van der Waals surface area contributed by atoms with Crippen molar-refractivity contribution >= 4 is 8.35 Å². The van der Waals surface area contributed by atoms with Crippen LogP contribution >= 0.6 is 8.35 Å². The van der Waals surface area contributed by atoms with Crippen molar-refractivity contribution < 1.29 is 28.4 Å². The van der Waals surface area contributed by atoms with E-state index in [4.69, 9.17) is 28.4 Å². The molecule has 0 aromatic carbocycles. The zero-order valence-electron chi connectivity index (χ0n) is 13.9. The average molecular weight is 333 g/mol. The molecule has 7 nitrogen and oxygen atoms in total. The van der Waals surface area contributed by atoms with Crippen molar-refractivity contribution in [2.24, 2.45) is 0 Å². The van der Waals surface area contributed by atoms with Crippen LogP contribution in [0.4, 0.5) is 0 Å². The van der Waals surface area contributed by atoms with E-state index in [0.29, 0.717) is 19.0 Å². The number of rotatable bonds is 10. The molecule has 0 aliphatic heterocycles. The van der Waals surface area contributed by atoms with Crippen LogP contribution < -0.4 is 9.47 Å². The van der Waals surface area contributed by atoms with Gasteiger partial charge in [0.05, 0.1) is 13.2 Å². The Morgan fingerprint density at radius 3 is 2.05 bits per heavy atom. The third-order valence-corrected chi connectivity index (χ3v) is 3.36. The minimum Gasteiger partial charge on any atom is -0.433 e. The highest BCUT2D eigenvalue weighted by molar-refractivity contribution is 7.24. The summed E-state index contributed by atoms with van der Waals surface area (Å²) in [4.78, 5) is 0. The molecule has 0 aliphatic carbocycles. The first-order valence-corrected chi connectivity index (χ1v) is 7.91. The maximum Gasteiger partial charge on any atom is 0.325 e. The van der Waals surface area contributed by atoms with Gasteiger partial charge in [-0.2, -0.15) is 4.75 Å². The Labute approximate surface area is 133 Å². The summed E-state index contributed by atoms with van der Waals surface area (Å²) in [5, 5.41) is 0. The second kappa shape index (κ2) is 8.60. The molecule has 1 rings (SSSR count). The van der Waals surface area contributed by atoms with E-state index in [0.717, 1.165) is 8.35 Å². The second-order valence-corrected chi connectivity index (χ2v) is 5.13. The molecule has 0 saturated carbocycles. The normalized spacial score (nSPS) is 17.0. The lowest BCUT2D eigenvalue weighted by molar-refractivity contribution is -0.329. The molecule has 0 spiro atoms. The molecule has 0 fully saturated rings. The van der Waals surface area contributed by atoms with Gasteiger partial charge in [0.25, 0.3) is 5.88 Å². The van der Waals surface area contributed by atoms with Gasteiger partial charge in [-0.1, -0.05) is 0 Å². The molecule has 0 radical (unpaired) electrons. The van der Waals surface area contributed by atoms with Crippen LogP contribution in [-0.2, 0) is 18.9 Å². The van der Waals surface area contributed by atoms with Crippen LogP contribution in [0.5, 0.6) is 11.6 Å². The fourth-order valence-electron chi connectivity index (χ4n) is 1.62. The van der Waals surface area contributed by atoms with Crippen LogP contribution in [0, 0.1) is 0 Å². The Hall–Kier alpha value is -0.980. The van der Waals surface area contributed by atoms with Gasteiger partial charge in [-0.15, -0.1) is 0 Å². The van der Waals surface area contributed by atoms with Gasteiger partial charge in [0.15, 0.2) is 5.75 Å². The Kier molecular flexibility index (Phi) is 7.45. The Bertz CT molecular complexity index is 422. The maximum absolute atomic E-state index is 5.76. The van der Waals surface area contributed by atoms with E-state index in [1.165, 1.54) is 14.2 Å². The van der Waals surface area contributed by atoms with Crippen molar-refractivity contribution in [3.05, 3.63) is 11.9 Å². The molecular weight excluding hydrogens is 309 g/mol. The molecular formula is C14H24NO6P. The molecule has 1 aromatic rings. The van der Waals surface area contributed by atoms with Gasteiger partial charge in [-0.05, 0) is 25.7 Å². The van der Waals surface area contributed by atoms with Crippen molar-refractivity contribution in [2.75, 3.05) is 27.4 Å². The molecule has 0 N–H and O–H groups in total. The van der Waals surface area contributed by atoms with Crippen LogP contribution in [-0.4, -0.2) is 44.1 Å². The fourth-order valence-corrected chi connectivity index (χ4v) is 2.13. The van der Waals surface area contributed by atoms with Gasteiger partial charge in [0.1, 0.15) is 0 Å². The number of hydrogen-bond acceptors (Lipinski definition) is 7. The Balaban J connectivity index is 2.99. The predicted molar refractivity (Wildman–Crippen MR) is 82.1 cm³/mol. The van der Waals surface area contributed by atoms with Gasteiger partial charge >= 0.3 is 11.9 Å². The van der Waals surface area contributed by atoms with Gasteiger partial charge in [0.2, 0.25) is 0 Å². The summed E-state index contributed by atoms with van der Waals surface area (Å²) in [5.74, 6) is -0.0426. The van der Waals surface area contributed by atoms with Crippen LogP contribution in [0.1, 0.15) is 27.7 Å². The largest absolute Gasteiger partial charge is 0.433 e. The first-order chi connectivity index (χ1) is 10.4. The lowest BCUT2D eigenvalue weighted by Gasteiger charge is -2.31. The van der Waals surface area contributed by atoms with E-state index < -0.39 is 11.9 Å². The number of ether oxygens (including phenoxy) is 6. The third-order valence-electron chi connectivity index (χ3n) is 2.78. The van der Waals surface area contributed by atoms with Crippen LogP contribution in [0.2, 0.25) is 0 Å². The minimum atomic E-state index is -1.25. The van der Waals surface area contributed by atoms with Crippen LogP contribution in [0.25, 0.3) is 0 Å². The maximum atomic E-state index is 5.76. The average Bonchev–Trinajstić information content (AvgIpc) is 2.50. The first kappa shape index (κ1) is 19.1. The van der Waals surface area contributed by atoms with E-state index in [1.54, 1.807) is 19.9 Å². The minimum absolute atomic E-state index is 0.255. The Morgan fingerprint density at radius 1 is 1.00 bits per heavy atom. The summed E-state index contributed by atoms with van der Waals surface area (Å²) < 4.78 is 37.2. The number of aromatic nitrogens is 1. The number of nitrogens with zero attached hydrogens (tertiary/aromatic N) is 1. The molecule has 0 aliphatic rings. The molecule has 2 unspecified atom stereocenters. The van der Waals surface area contributed by atoms with E-state index >= 15 is 0 Å². The van der Waals surface area contributed by atoms with E-state index in [-0.39, 0.29) is 5.88 Å². The molecule has 2 atom stereocenters. The zero-order chi connectivity index (χ0) is 16.6. The molecule has 0 amide bonds. The van der Waals surface area contributed by atoms with Crippen LogP contribution in [0.3, 0.4) is 0 Å². The topological polar surface area (TPSA) is 68.3 Å². The van der Waals surface area contributed by atoms with Crippen molar-refractivity contribution in [3.63, 3.8) is 0 Å². The smallest absolute Gasteiger partial charge is 0.325 e.